The number of methoxy groups -OCH3 is 1. The molecule has 0 spiro atoms. The minimum Gasteiger partial charge on any atom is -0.496 e. The monoisotopic (exact) mass is 225 g/mol. The van der Waals surface area contributed by atoms with Crippen molar-refractivity contribution in [2.24, 2.45) is 7.05 Å². The Balaban J connectivity index is 2.53. The van der Waals surface area contributed by atoms with Gasteiger partial charge in [0.2, 0.25) is 0 Å². The van der Waals surface area contributed by atoms with E-state index in [-0.39, 0.29) is 0 Å². The minimum atomic E-state index is 0.948. The summed E-state index contributed by atoms with van der Waals surface area (Å²) in [7, 11) is 3.82. The predicted molar refractivity (Wildman–Crippen MR) is 71.7 cm³/mol. The van der Waals surface area contributed by atoms with Gasteiger partial charge < -0.3 is 9.30 Å². The molecule has 1 heterocycles. The van der Waals surface area contributed by atoms with Crippen molar-refractivity contribution >= 4 is 21.8 Å². The highest BCUT2D eigenvalue weighted by Crippen LogP contribution is 2.32. The predicted octanol–water partition coefficient (Wildman–Crippen LogP) is 3.65. The second-order valence-corrected chi connectivity index (χ2v) is 4.42. The highest BCUT2D eigenvalue weighted by atomic mass is 16.5. The number of fused-ring (bicyclic) bond motifs is 3. The van der Waals surface area contributed by atoms with Gasteiger partial charge in [0, 0.05) is 29.4 Å². The number of aromatic nitrogens is 1. The van der Waals surface area contributed by atoms with E-state index in [0.717, 1.165) is 5.75 Å². The second-order valence-electron chi connectivity index (χ2n) is 4.42. The van der Waals surface area contributed by atoms with Crippen molar-refractivity contribution < 1.29 is 4.74 Å². The summed E-state index contributed by atoms with van der Waals surface area (Å²) >= 11 is 0. The summed E-state index contributed by atoms with van der Waals surface area (Å²) in [6.07, 6.45) is 0. The molecular formula is C15H15NO. The number of rotatable bonds is 1. The van der Waals surface area contributed by atoms with Gasteiger partial charge in [-0.15, -0.1) is 0 Å². The lowest BCUT2D eigenvalue weighted by molar-refractivity contribution is 0.412. The van der Waals surface area contributed by atoms with Gasteiger partial charge in [-0.1, -0.05) is 18.2 Å². The zero-order valence-electron chi connectivity index (χ0n) is 10.3. The average molecular weight is 225 g/mol. The third-order valence-electron chi connectivity index (χ3n) is 3.43. The molecule has 0 aliphatic carbocycles. The van der Waals surface area contributed by atoms with Crippen molar-refractivity contribution in [2.45, 2.75) is 6.92 Å². The van der Waals surface area contributed by atoms with Crippen LogP contribution >= 0.6 is 0 Å². The lowest BCUT2D eigenvalue weighted by Crippen LogP contribution is -1.90. The zero-order valence-corrected chi connectivity index (χ0v) is 10.3. The number of para-hydroxylation sites is 1. The molecule has 0 radical (unpaired) electrons. The summed E-state index contributed by atoms with van der Waals surface area (Å²) in [4.78, 5) is 0. The maximum absolute atomic E-state index is 5.39. The molecule has 0 aliphatic rings. The standard InChI is InChI=1S/C15H15NO/c1-10-8-12-11-6-4-5-7-13(11)16(2)14(12)9-15(10)17-3/h4-9H,1-3H3. The van der Waals surface area contributed by atoms with Crippen LogP contribution in [0.2, 0.25) is 0 Å². The van der Waals surface area contributed by atoms with E-state index < -0.39 is 0 Å². The van der Waals surface area contributed by atoms with Crippen LogP contribution in [0.5, 0.6) is 5.75 Å². The van der Waals surface area contributed by atoms with Crippen LogP contribution < -0.4 is 4.74 Å². The highest BCUT2D eigenvalue weighted by Gasteiger charge is 2.10. The molecule has 1 aromatic heterocycles. The van der Waals surface area contributed by atoms with Crippen LogP contribution in [0.1, 0.15) is 5.56 Å². The van der Waals surface area contributed by atoms with E-state index in [1.165, 1.54) is 27.4 Å². The van der Waals surface area contributed by atoms with Crippen LogP contribution in [0, 0.1) is 6.92 Å². The summed E-state index contributed by atoms with van der Waals surface area (Å²) in [5.74, 6) is 0.948. The molecule has 0 amide bonds. The second kappa shape index (κ2) is 3.52. The Morgan fingerprint density at radius 3 is 2.53 bits per heavy atom. The maximum atomic E-state index is 5.39. The Hall–Kier alpha value is -1.96. The quantitative estimate of drug-likeness (QED) is 0.616. The number of aryl methyl sites for hydroxylation is 2. The van der Waals surface area contributed by atoms with Gasteiger partial charge in [0.25, 0.3) is 0 Å². The van der Waals surface area contributed by atoms with Gasteiger partial charge in [-0.2, -0.15) is 0 Å². The fourth-order valence-corrected chi connectivity index (χ4v) is 2.51. The largest absolute Gasteiger partial charge is 0.496 e. The van der Waals surface area contributed by atoms with E-state index in [1.807, 2.05) is 0 Å². The number of benzene rings is 2. The van der Waals surface area contributed by atoms with E-state index >= 15 is 0 Å². The molecule has 86 valence electrons. The van der Waals surface area contributed by atoms with Gasteiger partial charge in [-0.25, -0.2) is 0 Å². The molecular weight excluding hydrogens is 210 g/mol. The molecule has 2 nitrogen and oxygen atoms in total. The normalized spacial score (nSPS) is 11.2. The summed E-state index contributed by atoms with van der Waals surface area (Å²) in [6, 6.07) is 12.8. The summed E-state index contributed by atoms with van der Waals surface area (Å²) in [5, 5.41) is 2.59. The van der Waals surface area contributed by atoms with Crippen molar-refractivity contribution in [2.75, 3.05) is 7.11 Å². The first-order valence-electron chi connectivity index (χ1n) is 5.74. The van der Waals surface area contributed by atoms with Crippen LogP contribution in [0.25, 0.3) is 21.8 Å². The molecule has 0 N–H and O–H groups in total. The lowest BCUT2D eigenvalue weighted by atomic mass is 10.1. The number of nitrogens with zero attached hydrogens (tertiary/aromatic N) is 1. The van der Waals surface area contributed by atoms with E-state index in [1.54, 1.807) is 7.11 Å². The zero-order chi connectivity index (χ0) is 12.0. The van der Waals surface area contributed by atoms with E-state index in [2.05, 4.69) is 54.9 Å². The molecule has 0 atom stereocenters. The third-order valence-corrected chi connectivity index (χ3v) is 3.43. The Labute approximate surface area is 100 Å². The molecule has 17 heavy (non-hydrogen) atoms. The molecule has 0 bridgehead atoms. The average Bonchev–Trinajstić information content (AvgIpc) is 2.63. The van der Waals surface area contributed by atoms with Crippen molar-refractivity contribution in [3.8, 4) is 5.75 Å². The van der Waals surface area contributed by atoms with Gasteiger partial charge in [-0.3, -0.25) is 0 Å². The van der Waals surface area contributed by atoms with E-state index in [9.17, 15) is 0 Å². The maximum Gasteiger partial charge on any atom is 0.123 e. The molecule has 0 unspecified atom stereocenters. The summed E-state index contributed by atoms with van der Waals surface area (Å²) in [5.41, 5.74) is 3.65. The molecule has 3 aromatic rings. The van der Waals surface area contributed by atoms with Gasteiger partial charge >= 0.3 is 0 Å². The molecule has 2 aromatic carbocycles. The van der Waals surface area contributed by atoms with Crippen LogP contribution in [0.4, 0.5) is 0 Å². The molecule has 2 heteroatoms. The van der Waals surface area contributed by atoms with E-state index in [4.69, 9.17) is 4.74 Å². The Kier molecular flexibility index (Phi) is 2.11. The van der Waals surface area contributed by atoms with Gasteiger partial charge in [0.1, 0.15) is 5.75 Å². The minimum absolute atomic E-state index is 0.948. The van der Waals surface area contributed by atoms with Crippen molar-refractivity contribution in [1.29, 1.82) is 0 Å². The number of ether oxygens (including phenoxy) is 1. The van der Waals surface area contributed by atoms with Crippen LogP contribution in [0.3, 0.4) is 0 Å². The summed E-state index contributed by atoms with van der Waals surface area (Å²) in [6.45, 7) is 2.08. The van der Waals surface area contributed by atoms with Gasteiger partial charge in [0.15, 0.2) is 0 Å². The first-order chi connectivity index (χ1) is 8.22. The third kappa shape index (κ3) is 1.34. The smallest absolute Gasteiger partial charge is 0.123 e. The van der Waals surface area contributed by atoms with E-state index in [0.29, 0.717) is 0 Å². The van der Waals surface area contributed by atoms with Crippen molar-refractivity contribution in [3.63, 3.8) is 0 Å². The number of hydrogen-bond donors (Lipinski definition) is 0. The van der Waals surface area contributed by atoms with Gasteiger partial charge in [-0.05, 0) is 24.6 Å². The molecule has 0 saturated carbocycles. The van der Waals surface area contributed by atoms with Crippen molar-refractivity contribution in [3.05, 3.63) is 42.0 Å². The Bertz CT molecular complexity index is 710. The molecule has 0 fully saturated rings. The first-order valence-corrected chi connectivity index (χ1v) is 5.74. The van der Waals surface area contributed by atoms with Crippen molar-refractivity contribution in [1.82, 2.24) is 4.57 Å². The summed E-state index contributed by atoms with van der Waals surface area (Å²) < 4.78 is 7.61. The SMILES string of the molecule is COc1cc2c(cc1C)c1ccccc1n2C. The topological polar surface area (TPSA) is 14.2 Å². The number of hydrogen-bond acceptors (Lipinski definition) is 1. The first kappa shape index (κ1) is 10.2. The molecule has 0 saturated heterocycles. The van der Waals surface area contributed by atoms with Gasteiger partial charge in [0.05, 0.1) is 12.6 Å². The van der Waals surface area contributed by atoms with Crippen LogP contribution in [-0.2, 0) is 7.05 Å². The highest BCUT2D eigenvalue weighted by molar-refractivity contribution is 6.08. The fourth-order valence-electron chi connectivity index (χ4n) is 2.51. The fraction of sp³-hybridized carbons (Fsp3) is 0.200. The molecule has 0 aliphatic heterocycles. The van der Waals surface area contributed by atoms with Crippen LogP contribution in [0.15, 0.2) is 36.4 Å². The Morgan fingerprint density at radius 1 is 1.00 bits per heavy atom. The van der Waals surface area contributed by atoms with Crippen LogP contribution in [-0.4, -0.2) is 11.7 Å². The Morgan fingerprint density at radius 2 is 1.76 bits per heavy atom. The molecule has 3 rings (SSSR count). The lowest BCUT2D eigenvalue weighted by Gasteiger charge is -2.05.